The van der Waals surface area contributed by atoms with Crippen molar-refractivity contribution < 1.29 is 4.42 Å². The van der Waals surface area contributed by atoms with E-state index in [1.54, 1.807) is 6.26 Å². The maximum Gasteiger partial charge on any atom is 0.139 e. The lowest BCUT2D eigenvalue weighted by Gasteiger charge is -2.14. The molecule has 1 aromatic carbocycles. The molecule has 1 atom stereocenters. The normalized spacial score (nSPS) is 12.8. The zero-order valence-electron chi connectivity index (χ0n) is 8.71. The SMILES string of the molecule is Cc1c(Br)cccc1C(N)c1occc1Br. The van der Waals surface area contributed by atoms with Crippen molar-refractivity contribution in [2.45, 2.75) is 13.0 Å². The van der Waals surface area contributed by atoms with Gasteiger partial charge in [0, 0.05) is 4.47 Å². The van der Waals surface area contributed by atoms with Crippen molar-refractivity contribution in [3.05, 3.63) is 56.4 Å². The summed E-state index contributed by atoms with van der Waals surface area (Å²) in [5, 5.41) is 0. The first-order chi connectivity index (χ1) is 7.61. The molecule has 2 rings (SSSR count). The molecule has 84 valence electrons. The first-order valence-electron chi connectivity index (χ1n) is 4.84. The molecule has 0 saturated heterocycles. The molecule has 0 aliphatic heterocycles. The Balaban J connectivity index is 2.46. The summed E-state index contributed by atoms with van der Waals surface area (Å²) >= 11 is 6.92. The Bertz CT molecular complexity index is 507. The minimum atomic E-state index is -0.248. The monoisotopic (exact) mass is 343 g/mol. The average molecular weight is 345 g/mol. The highest BCUT2D eigenvalue weighted by Crippen LogP contribution is 2.31. The number of halogens is 2. The lowest BCUT2D eigenvalue weighted by molar-refractivity contribution is 0.487. The predicted molar refractivity (Wildman–Crippen MR) is 71.3 cm³/mol. The molecule has 0 radical (unpaired) electrons. The number of hydrogen-bond acceptors (Lipinski definition) is 2. The number of hydrogen-bond donors (Lipinski definition) is 1. The van der Waals surface area contributed by atoms with Crippen LogP contribution in [-0.4, -0.2) is 0 Å². The van der Waals surface area contributed by atoms with E-state index >= 15 is 0 Å². The molecular weight excluding hydrogens is 334 g/mol. The van der Waals surface area contributed by atoms with E-state index in [-0.39, 0.29) is 6.04 Å². The molecule has 2 N–H and O–H groups in total. The summed E-state index contributed by atoms with van der Waals surface area (Å²) in [4.78, 5) is 0. The molecule has 1 unspecified atom stereocenters. The zero-order chi connectivity index (χ0) is 11.7. The summed E-state index contributed by atoms with van der Waals surface area (Å²) in [6.45, 7) is 2.04. The first kappa shape index (κ1) is 11.9. The van der Waals surface area contributed by atoms with Gasteiger partial charge in [-0.05, 0) is 46.1 Å². The Hall–Kier alpha value is -0.580. The van der Waals surface area contributed by atoms with Crippen LogP contribution in [0, 0.1) is 6.92 Å². The van der Waals surface area contributed by atoms with Gasteiger partial charge in [-0.3, -0.25) is 0 Å². The van der Waals surface area contributed by atoms with E-state index in [1.807, 2.05) is 31.2 Å². The number of nitrogens with two attached hydrogens (primary N) is 1. The number of furan rings is 1. The number of benzene rings is 1. The molecule has 0 aliphatic carbocycles. The van der Waals surface area contributed by atoms with Crippen molar-refractivity contribution in [1.29, 1.82) is 0 Å². The van der Waals surface area contributed by atoms with Gasteiger partial charge >= 0.3 is 0 Å². The summed E-state index contributed by atoms with van der Waals surface area (Å²) < 4.78 is 7.35. The van der Waals surface area contributed by atoms with E-state index in [4.69, 9.17) is 10.2 Å². The zero-order valence-corrected chi connectivity index (χ0v) is 11.9. The number of rotatable bonds is 2. The van der Waals surface area contributed by atoms with Crippen molar-refractivity contribution in [2.24, 2.45) is 5.73 Å². The van der Waals surface area contributed by atoms with Crippen molar-refractivity contribution in [3.8, 4) is 0 Å². The molecular formula is C12H11Br2NO. The summed E-state index contributed by atoms with van der Waals surface area (Å²) in [6.07, 6.45) is 1.63. The van der Waals surface area contributed by atoms with Crippen LogP contribution in [0.5, 0.6) is 0 Å². The predicted octanol–water partition coefficient (Wildman–Crippen LogP) is 4.16. The third-order valence-corrected chi connectivity index (χ3v) is 4.09. The Morgan fingerprint density at radius 2 is 1.94 bits per heavy atom. The Morgan fingerprint density at radius 3 is 2.56 bits per heavy atom. The molecule has 1 heterocycles. The Labute approximate surface area is 111 Å². The fourth-order valence-corrected chi connectivity index (χ4v) is 2.46. The van der Waals surface area contributed by atoms with Crippen molar-refractivity contribution in [2.75, 3.05) is 0 Å². The van der Waals surface area contributed by atoms with Crippen molar-refractivity contribution in [3.63, 3.8) is 0 Å². The van der Waals surface area contributed by atoms with Crippen LogP contribution in [0.1, 0.15) is 22.9 Å². The fraction of sp³-hybridized carbons (Fsp3) is 0.167. The first-order valence-corrected chi connectivity index (χ1v) is 6.43. The summed E-state index contributed by atoms with van der Waals surface area (Å²) in [5.41, 5.74) is 8.38. The summed E-state index contributed by atoms with van der Waals surface area (Å²) in [7, 11) is 0. The second-order valence-corrected chi connectivity index (χ2v) is 5.27. The molecule has 1 aromatic heterocycles. The van der Waals surface area contributed by atoms with Gasteiger partial charge in [0.1, 0.15) is 5.76 Å². The van der Waals surface area contributed by atoms with Crippen LogP contribution in [0.15, 0.2) is 43.9 Å². The molecule has 16 heavy (non-hydrogen) atoms. The van der Waals surface area contributed by atoms with E-state index in [1.165, 1.54) is 0 Å². The van der Waals surface area contributed by atoms with Gasteiger partial charge in [0.15, 0.2) is 0 Å². The van der Waals surface area contributed by atoms with Gasteiger partial charge < -0.3 is 10.2 Å². The third-order valence-electron chi connectivity index (χ3n) is 2.57. The van der Waals surface area contributed by atoms with Crippen LogP contribution in [0.4, 0.5) is 0 Å². The van der Waals surface area contributed by atoms with E-state index in [9.17, 15) is 0 Å². The van der Waals surface area contributed by atoms with Gasteiger partial charge in [-0.1, -0.05) is 28.1 Å². The van der Waals surface area contributed by atoms with Crippen LogP contribution in [0.2, 0.25) is 0 Å². The van der Waals surface area contributed by atoms with Gasteiger partial charge in [-0.15, -0.1) is 0 Å². The Kier molecular flexibility index (Phi) is 3.52. The largest absolute Gasteiger partial charge is 0.466 e. The average Bonchev–Trinajstić information content (AvgIpc) is 2.68. The molecule has 2 aromatic rings. The van der Waals surface area contributed by atoms with Crippen molar-refractivity contribution >= 4 is 31.9 Å². The molecule has 0 bridgehead atoms. The van der Waals surface area contributed by atoms with Gasteiger partial charge in [0.25, 0.3) is 0 Å². The summed E-state index contributed by atoms with van der Waals surface area (Å²) in [5.74, 6) is 0.751. The molecule has 0 aliphatic rings. The maximum atomic E-state index is 6.19. The van der Waals surface area contributed by atoms with Gasteiger partial charge in [-0.25, -0.2) is 0 Å². The van der Waals surface area contributed by atoms with Crippen LogP contribution in [0.3, 0.4) is 0 Å². The quantitative estimate of drug-likeness (QED) is 0.888. The van der Waals surface area contributed by atoms with Crippen LogP contribution >= 0.6 is 31.9 Å². The van der Waals surface area contributed by atoms with Gasteiger partial charge in [-0.2, -0.15) is 0 Å². The lowest BCUT2D eigenvalue weighted by Crippen LogP contribution is -2.13. The maximum absolute atomic E-state index is 6.19. The topological polar surface area (TPSA) is 39.2 Å². The highest BCUT2D eigenvalue weighted by Gasteiger charge is 2.18. The van der Waals surface area contributed by atoms with E-state index < -0.39 is 0 Å². The van der Waals surface area contributed by atoms with E-state index in [0.717, 1.165) is 25.8 Å². The minimum absolute atomic E-state index is 0.248. The van der Waals surface area contributed by atoms with Crippen molar-refractivity contribution in [1.82, 2.24) is 0 Å². The fourth-order valence-electron chi connectivity index (χ4n) is 1.63. The lowest BCUT2D eigenvalue weighted by atomic mass is 10.0. The standard InChI is InChI=1S/C12H11Br2NO/c1-7-8(3-2-4-9(7)13)11(15)12-10(14)5-6-16-12/h2-6,11H,15H2,1H3. The van der Waals surface area contributed by atoms with E-state index in [0.29, 0.717) is 0 Å². The molecule has 0 saturated carbocycles. The van der Waals surface area contributed by atoms with Crippen LogP contribution in [0.25, 0.3) is 0 Å². The highest BCUT2D eigenvalue weighted by atomic mass is 79.9. The molecule has 0 fully saturated rings. The second-order valence-electron chi connectivity index (χ2n) is 3.56. The molecule has 2 nitrogen and oxygen atoms in total. The molecule has 0 spiro atoms. The molecule has 4 heteroatoms. The Morgan fingerprint density at radius 1 is 1.19 bits per heavy atom. The van der Waals surface area contributed by atoms with E-state index in [2.05, 4.69) is 31.9 Å². The van der Waals surface area contributed by atoms with Crippen LogP contribution < -0.4 is 5.73 Å². The third kappa shape index (κ3) is 2.10. The molecule has 0 amide bonds. The second kappa shape index (κ2) is 4.73. The van der Waals surface area contributed by atoms with Gasteiger partial charge in [0.05, 0.1) is 16.8 Å². The van der Waals surface area contributed by atoms with Crippen LogP contribution in [-0.2, 0) is 0 Å². The minimum Gasteiger partial charge on any atom is -0.466 e. The van der Waals surface area contributed by atoms with Gasteiger partial charge in [0.2, 0.25) is 0 Å². The smallest absolute Gasteiger partial charge is 0.139 e. The summed E-state index contributed by atoms with van der Waals surface area (Å²) in [6, 6.07) is 7.59. The highest BCUT2D eigenvalue weighted by molar-refractivity contribution is 9.10.